The van der Waals surface area contributed by atoms with Crippen molar-refractivity contribution in [1.82, 2.24) is 0 Å². The number of rotatable bonds is 4. The minimum absolute atomic E-state index is 0.0589. The van der Waals surface area contributed by atoms with E-state index >= 15 is 0 Å². The molecular weight excluding hydrogens is 180 g/mol. The molecule has 3 atom stereocenters. The maximum Gasteiger partial charge on any atom is 0.309 e. The van der Waals surface area contributed by atoms with Gasteiger partial charge in [0, 0.05) is 7.11 Å². The molecule has 0 saturated heterocycles. The van der Waals surface area contributed by atoms with Crippen molar-refractivity contribution >= 4 is 5.97 Å². The van der Waals surface area contributed by atoms with Crippen LogP contribution in [0.4, 0.5) is 0 Å². The lowest BCUT2D eigenvalue weighted by Gasteiger charge is -2.28. The number of hydrogen-bond acceptors (Lipinski definition) is 2. The number of carboxylic acids is 1. The molecule has 0 bridgehead atoms. The van der Waals surface area contributed by atoms with Crippen molar-refractivity contribution in [1.29, 1.82) is 0 Å². The lowest BCUT2D eigenvalue weighted by molar-refractivity contribution is -0.151. The predicted molar refractivity (Wildman–Crippen MR) is 52.0 cm³/mol. The third-order valence-corrected chi connectivity index (χ3v) is 3.91. The Morgan fingerprint density at radius 3 is 2.57 bits per heavy atom. The van der Waals surface area contributed by atoms with Crippen molar-refractivity contribution in [3.63, 3.8) is 0 Å². The normalized spacial score (nSPS) is 41.9. The van der Waals surface area contributed by atoms with E-state index in [1.807, 2.05) is 6.92 Å². The highest BCUT2D eigenvalue weighted by Crippen LogP contribution is 2.61. The monoisotopic (exact) mass is 198 g/mol. The third-order valence-electron chi connectivity index (χ3n) is 3.91. The van der Waals surface area contributed by atoms with Gasteiger partial charge in [0.1, 0.15) is 0 Å². The summed E-state index contributed by atoms with van der Waals surface area (Å²) in [6, 6.07) is 0. The Kier molecular flexibility index (Phi) is 2.30. The third kappa shape index (κ3) is 1.54. The number of carboxylic acid groups (broad SMARTS) is 1. The molecule has 0 aromatic rings. The van der Waals surface area contributed by atoms with Gasteiger partial charge in [0.25, 0.3) is 0 Å². The van der Waals surface area contributed by atoms with Crippen molar-refractivity contribution < 1.29 is 14.6 Å². The van der Waals surface area contributed by atoms with E-state index in [4.69, 9.17) is 4.74 Å². The Morgan fingerprint density at radius 2 is 2.14 bits per heavy atom. The molecule has 3 nitrogen and oxygen atoms in total. The number of hydrogen-bond donors (Lipinski definition) is 1. The van der Waals surface area contributed by atoms with Gasteiger partial charge in [-0.3, -0.25) is 4.79 Å². The van der Waals surface area contributed by atoms with E-state index in [-0.39, 0.29) is 6.10 Å². The largest absolute Gasteiger partial charge is 0.481 e. The van der Waals surface area contributed by atoms with Crippen LogP contribution >= 0.6 is 0 Å². The van der Waals surface area contributed by atoms with Gasteiger partial charge in [-0.25, -0.2) is 0 Å². The van der Waals surface area contributed by atoms with E-state index in [9.17, 15) is 9.90 Å². The highest BCUT2D eigenvalue weighted by Gasteiger charge is 2.57. The minimum Gasteiger partial charge on any atom is -0.481 e. The van der Waals surface area contributed by atoms with E-state index < -0.39 is 11.4 Å². The summed E-state index contributed by atoms with van der Waals surface area (Å²) in [6.07, 6.45) is 3.74. The van der Waals surface area contributed by atoms with Crippen LogP contribution < -0.4 is 0 Å². The number of aliphatic carboxylic acids is 1. The van der Waals surface area contributed by atoms with Crippen molar-refractivity contribution in [3.8, 4) is 0 Å². The van der Waals surface area contributed by atoms with Crippen molar-refractivity contribution in [2.45, 2.75) is 38.7 Å². The number of ether oxygens (including phenoxy) is 1. The van der Waals surface area contributed by atoms with Crippen molar-refractivity contribution in [3.05, 3.63) is 0 Å². The first-order chi connectivity index (χ1) is 6.57. The second kappa shape index (κ2) is 3.23. The van der Waals surface area contributed by atoms with Gasteiger partial charge in [-0.2, -0.15) is 0 Å². The molecule has 3 heteroatoms. The van der Waals surface area contributed by atoms with Crippen LogP contribution in [-0.4, -0.2) is 24.3 Å². The Morgan fingerprint density at radius 1 is 1.57 bits per heavy atom. The van der Waals surface area contributed by atoms with Gasteiger partial charge in [0.05, 0.1) is 11.5 Å². The summed E-state index contributed by atoms with van der Waals surface area (Å²) in [5, 5.41) is 9.29. The quantitative estimate of drug-likeness (QED) is 0.750. The number of carbonyl (C=O) groups is 1. The van der Waals surface area contributed by atoms with Gasteiger partial charge in [-0.15, -0.1) is 0 Å². The van der Waals surface area contributed by atoms with E-state index in [1.54, 1.807) is 7.11 Å². The Labute approximate surface area is 84.4 Å². The van der Waals surface area contributed by atoms with Crippen LogP contribution in [0.3, 0.4) is 0 Å². The molecule has 2 aliphatic rings. The molecule has 0 radical (unpaired) electrons. The number of methoxy groups -OCH3 is 1. The zero-order valence-electron chi connectivity index (χ0n) is 8.82. The van der Waals surface area contributed by atoms with Crippen LogP contribution in [0.5, 0.6) is 0 Å². The fraction of sp³-hybridized carbons (Fsp3) is 0.909. The minimum atomic E-state index is -0.617. The molecule has 0 spiro atoms. The Bertz CT molecular complexity index is 239. The molecule has 2 aliphatic carbocycles. The molecule has 0 aliphatic heterocycles. The highest BCUT2D eigenvalue weighted by atomic mass is 16.5. The van der Waals surface area contributed by atoms with Gasteiger partial charge in [-0.05, 0) is 44.4 Å². The lowest BCUT2D eigenvalue weighted by atomic mass is 9.78. The average Bonchev–Trinajstić information content (AvgIpc) is 2.74. The van der Waals surface area contributed by atoms with E-state index in [2.05, 4.69) is 0 Å². The van der Waals surface area contributed by atoms with Crippen LogP contribution in [0.1, 0.15) is 32.6 Å². The van der Waals surface area contributed by atoms with Gasteiger partial charge in [0.2, 0.25) is 0 Å². The van der Waals surface area contributed by atoms with Gasteiger partial charge in [0.15, 0.2) is 0 Å². The molecule has 0 aromatic heterocycles. The summed E-state index contributed by atoms with van der Waals surface area (Å²) >= 11 is 0. The van der Waals surface area contributed by atoms with Crippen LogP contribution in [-0.2, 0) is 9.53 Å². The van der Waals surface area contributed by atoms with Gasteiger partial charge < -0.3 is 9.84 Å². The summed E-state index contributed by atoms with van der Waals surface area (Å²) in [5.74, 6) is 0.791. The van der Waals surface area contributed by atoms with Crippen LogP contribution in [0.15, 0.2) is 0 Å². The fourth-order valence-electron chi connectivity index (χ4n) is 2.96. The molecule has 2 rings (SSSR count). The lowest BCUT2D eigenvalue weighted by Crippen LogP contribution is -2.33. The molecule has 3 unspecified atom stereocenters. The molecule has 0 aromatic carbocycles. The Balaban J connectivity index is 2.04. The summed E-state index contributed by atoms with van der Waals surface area (Å²) in [5.41, 5.74) is -0.469. The SMILES string of the molecule is COC(C)CC1(C(=O)O)CC2CC2C1. The van der Waals surface area contributed by atoms with E-state index in [0.717, 1.165) is 12.8 Å². The summed E-state index contributed by atoms with van der Waals surface area (Å²) in [7, 11) is 1.65. The molecule has 1 N–H and O–H groups in total. The molecular formula is C11H18O3. The fourth-order valence-corrected chi connectivity index (χ4v) is 2.96. The van der Waals surface area contributed by atoms with Gasteiger partial charge in [-0.1, -0.05) is 0 Å². The van der Waals surface area contributed by atoms with E-state index in [1.165, 1.54) is 6.42 Å². The van der Waals surface area contributed by atoms with E-state index in [0.29, 0.717) is 18.3 Å². The van der Waals surface area contributed by atoms with Crippen molar-refractivity contribution in [2.24, 2.45) is 17.3 Å². The highest BCUT2D eigenvalue weighted by molar-refractivity contribution is 5.75. The predicted octanol–water partition coefficient (Wildman–Crippen LogP) is 1.91. The summed E-state index contributed by atoms with van der Waals surface area (Å²) in [6.45, 7) is 1.95. The first-order valence-electron chi connectivity index (χ1n) is 5.33. The first-order valence-corrected chi connectivity index (χ1v) is 5.33. The summed E-state index contributed by atoms with van der Waals surface area (Å²) < 4.78 is 5.17. The summed E-state index contributed by atoms with van der Waals surface area (Å²) in [4.78, 5) is 11.3. The van der Waals surface area contributed by atoms with Crippen molar-refractivity contribution in [2.75, 3.05) is 7.11 Å². The molecule has 80 valence electrons. The molecule has 0 heterocycles. The molecule has 14 heavy (non-hydrogen) atoms. The Hall–Kier alpha value is -0.570. The van der Waals surface area contributed by atoms with Crippen LogP contribution in [0, 0.1) is 17.3 Å². The second-order valence-corrected chi connectivity index (χ2v) is 5.00. The topological polar surface area (TPSA) is 46.5 Å². The standard InChI is InChI=1S/C11H18O3/c1-7(14-2)4-11(10(12)13)5-8-3-9(8)6-11/h7-9H,3-6H2,1-2H3,(H,12,13). The average molecular weight is 198 g/mol. The second-order valence-electron chi connectivity index (χ2n) is 5.00. The first kappa shape index (κ1) is 9.97. The maximum absolute atomic E-state index is 11.3. The molecule has 0 amide bonds. The smallest absolute Gasteiger partial charge is 0.309 e. The number of fused-ring (bicyclic) bond motifs is 1. The molecule has 2 fully saturated rings. The van der Waals surface area contributed by atoms with Crippen LogP contribution in [0.2, 0.25) is 0 Å². The van der Waals surface area contributed by atoms with Gasteiger partial charge >= 0.3 is 5.97 Å². The van der Waals surface area contributed by atoms with Crippen LogP contribution in [0.25, 0.3) is 0 Å². The molecule has 2 saturated carbocycles. The zero-order valence-corrected chi connectivity index (χ0v) is 8.82. The maximum atomic E-state index is 11.3. The zero-order chi connectivity index (χ0) is 10.3.